The predicted molar refractivity (Wildman–Crippen MR) is 41.3 cm³/mol. The van der Waals surface area contributed by atoms with Gasteiger partial charge in [0, 0.05) is 0 Å². The second-order valence-corrected chi connectivity index (χ2v) is 2.34. The van der Waals surface area contributed by atoms with E-state index in [1.807, 2.05) is 0 Å². The summed E-state index contributed by atoms with van der Waals surface area (Å²) >= 11 is 0. The van der Waals surface area contributed by atoms with Crippen molar-refractivity contribution in [3.05, 3.63) is 36.5 Å². The molecule has 48 valence electrons. The van der Waals surface area contributed by atoms with E-state index in [-0.39, 0.29) is 0 Å². The van der Waals surface area contributed by atoms with E-state index in [1.54, 1.807) is 0 Å². The Morgan fingerprint density at radius 1 is 1.33 bits per heavy atom. The molecule has 1 rings (SSSR count). The van der Waals surface area contributed by atoms with E-state index < -0.39 is 0 Å². The fourth-order valence-electron chi connectivity index (χ4n) is 0.897. The minimum atomic E-state index is 1.15. The van der Waals surface area contributed by atoms with E-state index in [0.29, 0.717) is 0 Å². The predicted octanol–water partition coefficient (Wildman–Crippen LogP) is 2.84. The van der Waals surface area contributed by atoms with Crippen molar-refractivity contribution >= 4 is 0 Å². The van der Waals surface area contributed by atoms with Gasteiger partial charge in [0.1, 0.15) is 0 Å². The van der Waals surface area contributed by atoms with Crippen LogP contribution in [0.2, 0.25) is 0 Å². The van der Waals surface area contributed by atoms with Crippen LogP contribution in [0.25, 0.3) is 0 Å². The van der Waals surface area contributed by atoms with Crippen LogP contribution < -0.4 is 0 Å². The van der Waals surface area contributed by atoms with Crippen LogP contribution in [0.3, 0.4) is 0 Å². The molecule has 0 amide bonds. The van der Waals surface area contributed by atoms with Gasteiger partial charge in [0.25, 0.3) is 0 Å². The summed E-state index contributed by atoms with van der Waals surface area (Å²) < 4.78 is 0. The molecule has 0 saturated carbocycles. The Balaban J connectivity index is 2.54. The van der Waals surface area contributed by atoms with Crippen molar-refractivity contribution in [2.45, 2.75) is 19.3 Å². The minimum Gasteiger partial charge on any atom is -0.0958 e. The highest BCUT2D eigenvalue weighted by Gasteiger charge is 1.89. The maximum atomic E-state index is 3.90. The largest absolute Gasteiger partial charge is 0.0958 e. The highest BCUT2D eigenvalue weighted by molar-refractivity contribution is 5.20. The van der Waals surface area contributed by atoms with Crippen molar-refractivity contribution in [2.75, 3.05) is 0 Å². The Hall–Kier alpha value is -0.780. The molecule has 0 heterocycles. The average molecular weight is 120 g/mol. The quantitative estimate of drug-likeness (QED) is 0.461. The number of rotatable bonds is 0. The summed E-state index contributed by atoms with van der Waals surface area (Å²) in [5.74, 6) is 0. The molecule has 0 fully saturated rings. The molecule has 0 aliphatic heterocycles. The van der Waals surface area contributed by atoms with Gasteiger partial charge in [0.15, 0.2) is 0 Å². The molecule has 9 heavy (non-hydrogen) atoms. The Kier molecular flexibility index (Phi) is 2.32. The van der Waals surface area contributed by atoms with Crippen LogP contribution >= 0.6 is 0 Å². The first-order valence-corrected chi connectivity index (χ1v) is 3.40. The van der Waals surface area contributed by atoms with Gasteiger partial charge in [-0.2, -0.15) is 0 Å². The molecular formula is C9H12. The maximum absolute atomic E-state index is 3.90. The molecule has 0 radical (unpaired) electrons. The van der Waals surface area contributed by atoms with Crippen LogP contribution in [-0.2, 0) is 0 Å². The Morgan fingerprint density at radius 2 is 2.22 bits per heavy atom. The van der Waals surface area contributed by atoms with Crippen molar-refractivity contribution in [2.24, 2.45) is 0 Å². The Labute approximate surface area is 56.6 Å². The molecule has 0 aromatic rings. The zero-order valence-corrected chi connectivity index (χ0v) is 5.64. The van der Waals surface area contributed by atoms with E-state index in [9.17, 15) is 0 Å². The van der Waals surface area contributed by atoms with Gasteiger partial charge in [-0.25, -0.2) is 0 Å². The molecule has 0 bridgehead atoms. The lowest BCUT2D eigenvalue weighted by Gasteiger charge is -1.98. The van der Waals surface area contributed by atoms with Crippen molar-refractivity contribution in [1.82, 2.24) is 0 Å². The van der Waals surface area contributed by atoms with E-state index in [2.05, 4.69) is 30.9 Å². The first-order valence-electron chi connectivity index (χ1n) is 3.40. The van der Waals surface area contributed by atoms with Gasteiger partial charge < -0.3 is 0 Å². The van der Waals surface area contributed by atoms with Crippen molar-refractivity contribution in [3.8, 4) is 0 Å². The molecule has 0 N–H and O–H groups in total. The molecule has 0 aromatic heterocycles. The molecular weight excluding hydrogens is 108 g/mol. The number of hydrogen-bond donors (Lipinski definition) is 0. The number of hydrogen-bond acceptors (Lipinski definition) is 0. The summed E-state index contributed by atoms with van der Waals surface area (Å²) in [7, 11) is 0. The molecule has 0 saturated heterocycles. The molecule has 1 aliphatic rings. The standard InChI is InChI=1S/C9H12/c1-9-7-5-3-2-4-6-8-9/h2-3,5,7H,1,4,6,8H2/b3-2-,7-5-. The van der Waals surface area contributed by atoms with Crippen LogP contribution in [0.4, 0.5) is 0 Å². The SMILES string of the molecule is C=C1/C=C\C=C/CCC1. The van der Waals surface area contributed by atoms with Crippen LogP contribution in [-0.4, -0.2) is 0 Å². The molecule has 0 atom stereocenters. The molecule has 1 aliphatic carbocycles. The third-order valence-corrected chi connectivity index (χ3v) is 1.45. The first kappa shape index (κ1) is 6.34. The smallest absolute Gasteiger partial charge is 0.0282 e. The van der Waals surface area contributed by atoms with Crippen LogP contribution in [0, 0.1) is 0 Å². The lowest BCUT2D eigenvalue weighted by molar-refractivity contribution is 0.845. The topological polar surface area (TPSA) is 0 Å². The Bertz CT molecular complexity index is 149. The summed E-state index contributed by atoms with van der Waals surface area (Å²) in [5.41, 5.74) is 1.25. The van der Waals surface area contributed by atoms with Gasteiger partial charge in [-0.1, -0.05) is 36.5 Å². The van der Waals surface area contributed by atoms with Crippen molar-refractivity contribution in [1.29, 1.82) is 0 Å². The van der Waals surface area contributed by atoms with Gasteiger partial charge in [0.2, 0.25) is 0 Å². The lowest BCUT2D eigenvalue weighted by atomic mass is 10.1. The van der Waals surface area contributed by atoms with Crippen LogP contribution in [0.1, 0.15) is 19.3 Å². The second kappa shape index (κ2) is 3.29. The second-order valence-electron chi connectivity index (χ2n) is 2.34. The zero-order chi connectivity index (χ0) is 6.53. The molecule has 0 heteroatoms. The molecule has 0 spiro atoms. The normalized spacial score (nSPS) is 26.4. The summed E-state index contributed by atoms with van der Waals surface area (Å²) in [6, 6.07) is 0. The fourth-order valence-corrected chi connectivity index (χ4v) is 0.897. The lowest BCUT2D eigenvalue weighted by Crippen LogP contribution is -1.78. The van der Waals surface area contributed by atoms with E-state index in [1.165, 1.54) is 18.4 Å². The van der Waals surface area contributed by atoms with Crippen LogP contribution in [0.5, 0.6) is 0 Å². The van der Waals surface area contributed by atoms with Crippen LogP contribution in [0.15, 0.2) is 36.5 Å². The highest BCUT2D eigenvalue weighted by atomic mass is 13.9. The molecule has 0 unspecified atom stereocenters. The van der Waals surface area contributed by atoms with Gasteiger partial charge >= 0.3 is 0 Å². The average Bonchev–Trinajstić information content (AvgIpc) is 1.79. The van der Waals surface area contributed by atoms with Crippen molar-refractivity contribution in [3.63, 3.8) is 0 Å². The maximum Gasteiger partial charge on any atom is -0.0282 e. The summed E-state index contributed by atoms with van der Waals surface area (Å²) in [4.78, 5) is 0. The van der Waals surface area contributed by atoms with Crippen molar-refractivity contribution < 1.29 is 0 Å². The first-order chi connectivity index (χ1) is 4.39. The van der Waals surface area contributed by atoms with Gasteiger partial charge in [-0.3, -0.25) is 0 Å². The summed E-state index contributed by atoms with van der Waals surface area (Å²) in [6.07, 6.45) is 12.0. The molecule has 0 nitrogen and oxygen atoms in total. The van der Waals surface area contributed by atoms with E-state index in [0.717, 1.165) is 6.42 Å². The third-order valence-electron chi connectivity index (χ3n) is 1.45. The molecule has 0 aromatic carbocycles. The van der Waals surface area contributed by atoms with Gasteiger partial charge in [-0.05, 0) is 19.3 Å². The summed E-state index contributed by atoms with van der Waals surface area (Å²) in [5, 5.41) is 0. The minimum absolute atomic E-state index is 1.15. The zero-order valence-electron chi connectivity index (χ0n) is 5.64. The monoisotopic (exact) mass is 120 g/mol. The summed E-state index contributed by atoms with van der Waals surface area (Å²) in [6.45, 7) is 3.90. The number of allylic oxidation sites excluding steroid dienone is 5. The van der Waals surface area contributed by atoms with E-state index in [4.69, 9.17) is 0 Å². The van der Waals surface area contributed by atoms with Gasteiger partial charge in [-0.15, -0.1) is 0 Å². The fraction of sp³-hybridized carbons (Fsp3) is 0.333. The highest BCUT2D eigenvalue weighted by Crippen LogP contribution is 2.09. The third kappa shape index (κ3) is 2.31. The van der Waals surface area contributed by atoms with Gasteiger partial charge in [0.05, 0.1) is 0 Å². The van der Waals surface area contributed by atoms with E-state index >= 15 is 0 Å². The Morgan fingerprint density at radius 3 is 3.11 bits per heavy atom.